The summed E-state index contributed by atoms with van der Waals surface area (Å²) < 4.78 is 4.44. The van der Waals surface area contributed by atoms with Gasteiger partial charge in [-0.25, -0.2) is 4.98 Å². The van der Waals surface area contributed by atoms with Gasteiger partial charge in [0.1, 0.15) is 0 Å². The number of fused-ring (bicyclic) bond motifs is 1. The second-order valence-corrected chi connectivity index (χ2v) is 4.22. The van der Waals surface area contributed by atoms with Gasteiger partial charge in [-0.3, -0.25) is 0 Å². The highest BCUT2D eigenvalue weighted by Crippen LogP contribution is 2.12. The van der Waals surface area contributed by atoms with Crippen LogP contribution in [0.1, 0.15) is 17.8 Å². The Kier molecular flexibility index (Phi) is 2.50. The molecule has 2 aromatic heterocycles. The molecule has 0 atom stereocenters. The molecule has 0 aromatic carbocycles. The quantitative estimate of drug-likeness (QED) is 0.819. The lowest BCUT2D eigenvalue weighted by Gasteiger charge is -2.06. The molecule has 3 heterocycles. The maximum atomic E-state index is 4.52. The standard InChI is InChI=1S/C12H16N4/c1-2-6-15(5-1)9-11-12-8-13-4-3-7-16(12)10-14-11/h1-2,5-6,10,13H,3-4,7-9H2. The van der Waals surface area contributed by atoms with Crippen LogP contribution in [0.25, 0.3) is 0 Å². The van der Waals surface area contributed by atoms with Gasteiger partial charge in [-0.2, -0.15) is 0 Å². The molecule has 3 rings (SSSR count). The van der Waals surface area contributed by atoms with E-state index in [0.717, 1.165) is 26.2 Å². The average molecular weight is 216 g/mol. The zero-order chi connectivity index (χ0) is 10.8. The molecule has 0 amide bonds. The van der Waals surface area contributed by atoms with Crippen molar-refractivity contribution in [3.63, 3.8) is 0 Å². The fraction of sp³-hybridized carbons (Fsp3) is 0.417. The van der Waals surface area contributed by atoms with Gasteiger partial charge in [-0.05, 0) is 25.1 Å². The van der Waals surface area contributed by atoms with Crippen molar-refractivity contribution in [2.45, 2.75) is 26.1 Å². The molecule has 0 saturated heterocycles. The molecule has 1 aliphatic heterocycles. The molecule has 0 aliphatic carbocycles. The van der Waals surface area contributed by atoms with Gasteiger partial charge in [0.25, 0.3) is 0 Å². The molecule has 84 valence electrons. The summed E-state index contributed by atoms with van der Waals surface area (Å²) in [4.78, 5) is 4.52. The molecule has 0 radical (unpaired) electrons. The maximum Gasteiger partial charge on any atom is 0.0952 e. The third-order valence-corrected chi connectivity index (χ3v) is 3.08. The summed E-state index contributed by atoms with van der Waals surface area (Å²) in [6.07, 6.45) is 7.32. The third kappa shape index (κ3) is 1.76. The van der Waals surface area contributed by atoms with Gasteiger partial charge in [0.2, 0.25) is 0 Å². The number of aromatic nitrogens is 3. The van der Waals surface area contributed by atoms with Crippen LogP contribution in [-0.2, 0) is 19.6 Å². The second-order valence-electron chi connectivity index (χ2n) is 4.22. The summed E-state index contributed by atoms with van der Waals surface area (Å²) in [7, 11) is 0. The highest BCUT2D eigenvalue weighted by atomic mass is 15.1. The Hall–Kier alpha value is -1.55. The molecule has 0 saturated carbocycles. The lowest BCUT2D eigenvalue weighted by atomic mass is 10.3. The van der Waals surface area contributed by atoms with Crippen LogP contribution < -0.4 is 5.32 Å². The topological polar surface area (TPSA) is 34.8 Å². The van der Waals surface area contributed by atoms with E-state index in [-0.39, 0.29) is 0 Å². The summed E-state index contributed by atoms with van der Waals surface area (Å²) in [5.41, 5.74) is 2.52. The van der Waals surface area contributed by atoms with Crippen molar-refractivity contribution in [2.75, 3.05) is 6.54 Å². The molecule has 4 heteroatoms. The van der Waals surface area contributed by atoms with Gasteiger partial charge in [-0.15, -0.1) is 0 Å². The lowest BCUT2D eigenvalue weighted by Crippen LogP contribution is -2.14. The Morgan fingerprint density at radius 2 is 2.19 bits per heavy atom. The number of hydrogen-bond acceptors (Lipinski definition) is 2. The second kappa shape index (κ2) is 4.14. The van der Waals surface area contributed by atoms with Gasteiger partial charge in [0.15, 0.2) is 0 Å². The molecule has 0 fully saturated rings. The minimum atomic E-state index is 0.872. The van der Waals surface area contributed by atoms with Crippen LogP contribution in [-0.4, -0.2) is 20.7 Å². The largest absolute Gasteiger partial charge is 0.348 e. The smallest absolute Gasteiger partial charge is 0.0952 e. The molecule has 2 aromatic rings. The molecule has 0 spiro atoms. The highest BCUT2D eigenvalue weighted by molar-refractivity contribution is 5.15. The van der Waals surface area contributed by atoms with E-state index in [1.807, 2.05) is 18.5 Å². The minimum absolute atomic E-state index is 0.872. The van der Waals surface area contributed by atoms with Gasteiger partial charge in [-0.1, -0.05) is 0 Å². The number of nitrogens with zero attached hydrogens (tertiary/aromatic N) is 3. The number of imidazole rings is 1. The van der Waals surface area contributed by atoms with E-state index in [1.165, 1.54) is 17.8 Å². The van der Waals surface area contributed by atoms with Crippen molar-refractivity contribution >= 4 is 0 Å². The molecule has 1 N–H and O–H groups in total. The Bertz CT molecular complexity index is 455. The lowest BCUT2D eigenvalue weighted by molar-refractivity contribution is 0.641. The fourth-order valence-electron chi connectivity index (χ4n) is 2.21. The zero-order valence-corrected chi connectivity index (χ0v) is 9.26. The molecular formula is C12H16N4. The van der Waals surface area contributed by atoms with Crippen molar-refractivity contribution in [1.82, 2.24) is 19.4 Å². The van der Waals surface area contributed by atoms with E-state index in [4.69, 9.17) is 0 Å². The van der Waals surface area contributed by atoms with Crippen LogP contribution in [0.5, 0.6) is 0 Å². The Balaban J connectivity index is 1.87. The summed E-state index contributed by atoms with van der Waals surface area (Å²) in [6.45, 7) is 4.00. The third-order valence-electron chi connectivity index (χ3n) is 3.08. The summed E-state index contributed by atoms with van der Waals surface area (Å²) >= 11 is 0. The van der Waals surface area contributed by atoms with Crippen molar-refractivity contribution in [3.8, 4) is 0 Å². The van der Waals surface area contributed by atoms with E-state index in [1.54, 1.807) is 0 Å². The first-order valence-corrected chi connectivity index (χ1v) is 5.78. The summed E-state index contributed by atoms with van der Waals surface area (Å²) in [6, 6.07) is 4.10. The summed E-state index contributed by atoms with van der Waals surface area (Å²) in [5.74, 6) is 0. The highest BCUT2D eigenvalue weighted by Gasteiger charge is 2.12. The van der Waals surface area contributed by atoms with Gasteiger partial charge in [0.05, 0.1) is 24.3 Å². The Morgan fingerprint density at radius 1 is 1.31 bits per heavy atom. The van der Waals surface area contributed by atoms with E-state index >= 15 is 0 Å². The van der Waals surface area contributed by atoms with E-state index in [9.17, 15) is 0 Å². The molecule has 16 heavy (non-hydrogen) atoms. The first kappa shape index (κ1) is 9.66. The minimum Gasteiger partial charge on any atom is -0.348 e. The van der Waals surface area contributed by atoms with E-state index < -0.39 is 0 Å². The monoisotopic (exact) mass is 216 g/mol. The molecule has 0 bridgehead atoms. The number of rotatable bonds is 2. The van der Waals surface area contributed by atoms with E-state index in [0.29, 0.717) is 0 Å². The first-order chi connectivity index (χ1) is 7.93. The van der Waals surface area contributed by atoms with Gasteiger partial charge < -0.3 is 14.5 Å². The van der Waals surface area contributed by atoms with Crippen molar-refractivity contribution in [1.29, 1.82) is 0 Å². The zero-order valence-electron chi connectivity index (χ0n) is 9.26. The van der Waals surface area contributed by atoms with Gasteiger partial charge in [0, 0.05) is 25.5 Å². The first-order valence-electron chi connectivity index (χ1n) is 5.78. The maximum absolute atomic E-state index is 4.52. The van der Waals surface area contributed by atoms with Crippen LogP contribution in [0.4, 0.5) is 0 Å². The number of nitrogens with one attached hydrogen (secondary N) is 1. The van der Waals surface area contributed by atoms with Crippen molar-refractivity contribution < 1.29 is 0 Å². The Labute approximate surface area is 94.9 Å². The van der Waals surface area contributed by atoms with Crippen LogP contribution in [0, 0.1) is 0 Å². The average Bonchev–Trinajstić information content (AvgIpc) is 2.86. The fourth-order valence-corrected chi connectivity index (χ4v) is 2.21. The molecule has 1 aliphatic rings. The van der Waals surface area contributed by atoms with Crippen molar-refractivity contribution in [3.05, 3.63) is 42.2 Å². The SMILES string of the molecule is c1ccn(Cc2ncn3c2CNCCC3)c1. The van der Waals surface area contributed by atoms with Crippen LogP contribution in [0.15, 0.2) is 30.9 Å². The predicted molar refractivity (Wildman–Crippen MR) is 62.1 cm³/mol. The molecular weight excluding hydrogens is 200 g/mol. The van der Waals surface area contributed by atoms with E-state index in [2.05, 4.69) is 31.8 Å². The normalized spacial score (nSPS) is 15.8. The molecule has 4 nitrogen and oxygen atoms in total. The molecule has 0 unspecified atom stereocenters. The van der Waals surface area contributed by atoms with Crippen molar-refractivity contribution in [2.24, 2.45) is 0 Å². The number of hydrogen-bond donors (Lipinski definition) is 1. The van der Waals surface area contributed by atoms with Crippen LogP contribution in [0.3, 0.4) is 0 Å². The van der Waals surface area contributed by atoms with Crippen LogP contribution in [0.2, 0.25) is 0 Å². The van der Waals surface area contributed by atoms with Gasteiger partial charge >= 0.3 is 0 Å². The number of aryl methyl sites for hydroxylation is 1. The summed E-state index contributed by atoms with van der Waals surface area (Å²) in [5, 5.41) is 3.44. The Morgan fingerprint density at radius 3 is 3.06 bits per heavy atom. The predicted octanol–water partition coefficient (Wildman–Crippen LogP) is 1.23. The van der Waals surface area contributed by atoms with Crippen LogP contribution >= 0.6 is 0 Å².